The van der Waals surface area contributed by atoms with Crippen molar-refractivity contribution in [2.24, 2.45) is 0 Å². The fourth-order valence-corrected chi connectivity index (χ4v) is 2.36. The molecule has 2 aromatic rings. The van der Waals surface area contributed by atoms with E-state index < -0.39 is 0 Å². The van der Waals surface area contributed by atoms with Crippen LogP contribution in [0.15, 0.2) is 48.5 Å². The SMILES string of the molecule is N#CCCN(c1ccccc1)c1ccc(CBr)cc1F. The van der Waals surface area contributed by atoms with E-state index in [1.165, 1.54) is 6.07 Å². The van der Waals surface area contributed by atoms with Crippen LogP contribution < -0.4 is 4.90 Å². The summed E-state index contributed by atoms with van der Waals surface area (Å²) in [6, 6.07) is 16.8. The Hall–Kier alpha value is -1.86. The fourth-order valence-electron chi connectivity index (χ4n) is 2.01. The van der Waals surface area contributed by atoms with Gasteiger partial charge < -0.3 is 4.90 Å². The van der Waals surface area contributed by atoms with Gasteiger partial charge in [-0.1, -0.05) is 40.2 Å². The van der Waals surface area contributed by atoms with Gasteiger partial charge in [-0.2, -0.15) is 5.26 Å². The molecule has 0 heterocycles. The van der Waals surface area contributed by atoms with E-state index in [4.69, 9.17) is 5.26 Å². The molecule has 0 aliphatic rings. The minimum absolute atomic E-state index is 0.274. The third-order valence-corrected chi connectivity index (χ3v) is 3.62. The van der Waals surface area contributed by atoms with E-state index in [9.17, 15) is 4.39 Å². The normalized spacial score (nSPS) is 10.1. The van der Waals surface area contributed by atoms with Crippen molar-refractivity contribution >= 4 is 27.3 Å². The topological polar surface area (TPSA) is 27.0 Å². The lowest BCUT2D eigenvalue weighted by atomic mass is 10.1. The lowest BCUT2D eigenvalue weighted by Crippen LogP contribution is -2.19. The van der Waals surface area contributed by atoms with E-state index in [0.717, 1.165) is 11.3 Å². The van der Waals surface area contributed by atoms with Crippen LogP contribution in [0.2, 0.25) is 0 Å². The molecule has 0 aliphatic heterocycles. The molecule has 0 spiro atoms. The van der Waals surface area contributed by atoms with E-state index in [1.54, 1.807) is 6.07 Å². The van der Waals surface area contributed by atoms with Crippen LogP contribution in [0.3, 0.4) is 0 Å². The van der Waals surface area contributed by atoms with Crippen LogP contribution >= 0.6 is 15.9 Å². The van der Waals surface area contributed by atoms with E-state index in [-0.39, 0.29) is 5.82 Å². The van der Waals surface area contributed by atoms with Crippen molar-refractivity contribution < 1.29 is 4.39 Å². The van der Waals surface area contributed by atoms with Gasteiger partial charge in [-0.05, 0) is 29.8 Å². The molecule has 2 rings (SSSR count). The van der Waals surface area contributed by atoms with E-state index >= 15 is 0 Å². The molecule has 0 saturated heterocycles. The average Bonchev–Trinajstić information content (AvgIpc) is 2.50. The van der Waals surface area contributed by atoms with Gasteiger partial charge in [-0.3, -0.25) is 0 Å². The Morgan fingerprint density at radius 1 is 1.15 bits per heavy atom. The first-order valence-corrected chi connectivity index (χ1v) is 7.42. The lowest BCUT2D eigenvalue weighted by Gasteiger charge is -2.24. The van der Waals surface area contributed by atoms with Crippen molar-refractivity contribution in [2.45, 2.75) is 11.8 Å². The van der Waals surface area contributed by atoms with Crippen LogP contribution in [0.5, 0.6) is 0 Å². The maximum atomic E-state index is 14.3. The van der Waals surface area contributed by atoms with Crippen molar-refractivity contribution in [1.82, 2.24) is 0 Å². The van der Waals surface area contributed by atoms with Gasteiger partial charge in [0, 0.05) is 17.6 Å². The molecule has 4 heteroatoms. The van der Waals surface area contributed by atoms with Crippen molar-refractivity contribution in [3.8, 4) is 6.07 Å². The first-order valence-electron chi connectivity index (χ1n) is 6.30. The smallest absolute Gasteiger partial charge is 0.147 e. The highest BCUT2D eigenvalue weighted by Crippen LogP contribution is 2.29. The second-order valence-corrected chi connectivity index (χ2v) is 4.88. The first kappa shape index (κ1) is 14.5. The number of alkyl halides is 1. The van der Waals surface area contributed by atoms with Gasteiger partial charge in [-0.15, -0.1) is 0 Å². The van der Waals surface area contributed by atoms with Gasteiger partial charge in [0.05, 0.1) is 18.2 Å². The molecule has 0 unspecified atom stereocenters. The fraction of sp³-hybridized carbons (Fsp3) is 0.188. The second kappa shape index (κ2) is 7.06. The van der Waals surface area contributed by atoms with Crippen molar-refractivity contribution in [3.05, 3.63) is 59.9 Å². The highest BCUT2D eigenvalue weighted by atomic mass is 79.9. The quantitative estimate of drug-likeness (QED) is 0.737. The maximum absolute atomic E-state index is 14.3. The lowest BCUT2D eigenvalue weighted by molar-refractivity contribution is 0.623. The van der Waals surface area contributed by atoms with Crippen molar-refractivity contribution in [2.75, 3.05) is 11.4 Å². The van der Waals surface area contributed by atoms with Crippen molar-refractivity contribution in [3.63, 3.8) is 0 Å². The number of halogens is 2. The molecule has 2 aromatic carbocycles. The third kappa shape index (κ3) is 3.37. The Morgan fingerprint density at radius 3 is 2.50 bits per heavy atom. The summed E-state index contributed by atoms with van der Waals surface area (Å²) >= 11 is 3.32. The van der Waals surface area contributed by atoms with Crippen LogP contribution in [0.1, 0.15) is 12.0 Å². The molecule has 20 heavy (non-hydrogen) atoms. The van der Waals surface area contributed by atoms with E-state index in [2.05, 4.69) is 22.0 Å². The summed E-state index contributed by atoms with van der Waals surface area (Å²) in [6.45, 7) is 0.463. The highest BCUT2D eigenvalue weighted by Gasteiger charge is 2.13. The summed E-state index contributed by atoms with van der Waals surface area (Å²) in [5.74, 6) is -0.274. The van der Waals surface area contributed by atoms with Crippen LogP contribution in [-0.2, 0) is 5.33 Å². The van der Waals surface area contributed by atoms with Gasteiger partial charge in [0.25, 0.3) is 0 Å². The van der Waals surface area contributed by atoms with Gasteiger partial charge in [0.15, 0.2) is 0 Å². The molecule has 0 saturated carbocycles. The summed E-state index contributed by atoms with van der Waals surface area (Å²) in [7, 11) is 0. The Bertz CT molecular complexity index is 608. The second-order valence-electron chi connectivity index (χ2n) is 4.31. The molecule has 0 amide bonds. The average molecular weight is 333 g/mol. The van der Waals surface area contributed by atoms with Crippen LogP contribution in [-0.4, -0.2) is 6.54 Å². The number of rotatable bonds is 5. The Balaban J connectivity index is 2.39. The van der Waals surface area contributed by atoms with Crippen LogP contribution in [0.4, 0.5) is 15.8 Å². The van der Waals surface area contributed by atoms with Gasteiger partial charge in [0.2, 0.25) is 0 Å². The molecule has 0 atom stereocenters. The molecule has 0 aliphatic carbocycles. The summed E-state index contributed by atoms with van der Waals surface area (Å²) < 4.78 is 14.3. The number of hydrogen-bond acceptors (Lipinski definition) is 2. The molecule has 2 nitrogen and oxygen atoms in total. The Labute approximate surface area is 126 Å². The number of hydrogen-bond donors (Lipinski definition) is 0. The summed E-state index contributed by atoms with van der Waals surface area (Å²) in [6.07, 6.45) is 0.342. The van der Waals surface area contributed by atoms with E-state index in [1.807, 2.05) is 41.3 Å². The first-order chi connectivity index (χ1) is 9.76. The van der Waals surface area contributed by atoms with Gasteiger partial charge in [-0.25, -0.2) is 4.39 Å². The number of benzene rings is 2. The molecule has 102 valence electrons. The largest absolute Gasteiger partial charge is 0.338 e. The minimum Gasteiger partial charge on any atom is -0.338 e. The number of nitriles is 1. The molecular weight excluding hydrogens is 319 g/mol. The minimum atomic E-state index is -0.274. The zero-order valence-electron chi connectivity index (χ0n) is 10.9. The molecule has 0 N–H and O–H groups in total. The zero-order valence-corrected chi connectivity index (χ0v) is 12.5. The highest BCUT2D eigenvalue weighted by molar-refractivity contribution is 9.08. The Kier molecular flexibility index (Phi) is 5.14. The monoisotopic (exact) mass is 332 g/mol. The molecule has 0 aromatic heterocycles. The zero-order chi connectivity index (χ0) is 14.4. The molecule has 0 bridgehead atoms. The summed E-state index contributed by atoms with van der Waals surface area (Å²) in [5, 5.41) is 9.40. The molecule has 0 radical (unpaired) electrons. The maximum Gasteiger partial charge on any atom is 0.147 e. The standard InChI is InChI=1S/C16H14BrFN2/c17-12-13-7-8-16(15(18)11-13)20(10-4-9-19)14-5-2-1-3-6-14/h1-3,5-8,11H,4,10,12H2. The third-order valence-electron chi connectivity index (χ3n) is 2.97. The molecule has 0 fully saturated rings. The number of nitrogens with zero attached hydrogens (tertiary/aromatic N) is 2. The summed E-state index contributed by atoms with van der Waals surface area (Å²) in [4.78, 5) is 1.83. The van der Waals surface area contributed by atoms with Crippen molar-refractivity contribution in [1.29, 1.82) is 5.26 Å². The van der Waals surface area contributed by atoms with E-state index in [0.29, 0.717) is 24.0 Å². The predicted molar refractivity (Wildman–Crippen MR) is 82.7 cm³/mol. The van der Waals surface area contributed by atoms with Crippen LogP contribution in [0.25, 0.3) is 0 Å². The molecular formula is C16H14BrFN2. The number of anilines is 2. The van der Waals surface area contributed by atoms with Gasteiger partial charge >= 0.3 is 0 Å². The van der Waals surface area contributed by atoms with Crippen LogP contribution in [0, 0.1) is 17.1 Å². The predicted octanol–water partition coefficient (Wildman–Crippen LogP) is 4.77. The Morgan fingerprint density at radius 2 is 1.90 bits per heavy atom. The summed E-state index contributed by atoms with van der Waals surface area (Å²) in [5.41, 5.74) is 2.27. The number of para-hydroxylation sites is 1. The van der Waals surface area contributed by atoms with Gasteiger partial charge in [0.1, 0.15) is 5.82 Å².